The van der Waals surface area contributed by atoms with Gasteiger partial charge in [-0.25, -0.2) is 0 Å². The summed E-state index contributed by atoms with van der Waals surface area (Å²) >= 11 is 0. The standard InChI is InChI=1S/C15H29N3O2/c1-14(2,3)13(20)18-8-6-7-11(9-18)12(19)17-15(4,5)10-16/h11H,6-10,16H2,1-5H3,(H,17,19). The first-order chi connectivity index (χ1) is 9.07. The van der Waals surface area contributed by atoms with Crippen LogP contribution in [0.3, 0.4) is 0 Å². The number of nitrogens with two attached hydrogens (primary N) is 1. The summed E-state index contributed by atoms with van der Waals surface area (Å²) in [7, 11) is 0. The van der Waals surface area contributed by atoms with Gasteiger partial charge in [-0.15, -0.1) is 0 Å². The molecule has 116 valence electrons. The van der Waals surface area contributed by atoms with Crippen molar-refractivity contribution in [3.63, 3.8) is 0 Å². The minimum Gasteiger partial charge on any atom is -0.350 e. The summed E-state index contributed by atoms with van der Waals surface area (Å²) in [4.78, 5) is 26.4. The van der Waals surface area contributed by atoms with E-state index in [1.54, 1.807) is 0 Å². The normalized spacial score (nSPS) is 20.7. The van der Waals surface area contributed by atoms with Crippen LogP contribution in [0.2, 0.25) is 0 Å². The first kappa shape index (κ1) is 17.0. The lowest BCUT2D eigenvalue weighted by Crippen LogP contribution is -2.54. The Balaban J connectivity index is 2.66. The second-order valence-corrected chi connectivity index (χ2v) is 7.42. The maximum atomic E-state index is 12.3. The van der Waals surface area contributed by atoms with Gasteiger partial charge < -0.3 is 16.0 Å². The van der Waals surface area contributed by atoms with Crippen LogP contribution in [0.25, 0.3) is 0 Å². The van der Waals surface area contributed by atoms with Crippen molar-refractivity contribution in [3.05, 3.63) is 0 Å². The fourth-order valence-corrected chi connectivity index (χ4v) is 2.34. The van der Waals surface area contributed by atoms with E-state index in [1.165, 1.54) is 0 Å². The van der Waals surface area contributed by atoms with Crippen LogP contribution in [0, 0.1) is 11.3 Å². The van der Waals surface area contributed by atoms with Crippen LogP contribution >= 0.6 is 0 Å². The van der Waals surface area contributed by atoms with Crippen molar-refractivity contribution in [2.75, 3.05) is 19.6 Å². The summed E-state index contributed by atoms with van der Waals surface area (Å²) < 4.78 is 0. The molecule has 1 heterocycles. The van der Waals surface area contributed by atoms with Crippen LogP contribution in [-0.2, 0) is 9.59 Å². The van der Waals surface area contributed by atoms with Gasteiger partial charge in [0, 0.05) is 30.6 Å². The zero-order valence-electron chi connectivity index (χ0n) is 13.5. The number of hydrogen-bond donors (Lipinski definition) is 2. The van der Waals surface area contributed by atoms with Gasteiger partial charge in [-0.2, -0.15) is 0 Å². The molecule has 1 aliphatic heterocycles. The number of likely N-dealkylation sites (tertiary alicyclic amines) is 1. The average Bonchev–Trinajstić information content (AvgIpc) is 2.36. The monoisotopic (exact) mass is 283 g/mol. The topological polar surface area (TPSA) is 75.4 Å². The Morgan fingerprint density at radius 3 is 2.35 bits per heavy atom. The molecule has 0 radical (unpaired) electrons. The van der Waals surface area contributed by atoms with E-state index >= 15 is 0 Å². The Hall–Kier alpha value is -1.10. The number of rotatable bonds is 3. The maximum Gasteiger partial charge on any atom is 0.227 e. The quantitative estimate of drug-likeness (QED) is 0.815. The molecule has 1 atom stereocenters. The van der Waals surface area contributed by atoms with Gasteiger partial charge in [0.2, 0.25) is 11.8 Å². The van der Waals surface area contributed by atoms with Crippen molar-refractivity contribution in [3.8, 4) is 0 Å². The summed E-state index contributed by atoms with van der Waals surface area (Å²) in [5.74, 6) is 0.000759. The molecule has 1 fully saturated rings. The smallest absolute Gasteiger partial charge is 0.227 e. The molecule has 0 aromatic rings. The molecule has 0 aliphatic carbocycles. The van der Waals surface area contributed by atoms with E-state index < -0.39 is 11.0 Å². The predicted octanol–water partition coefficient (Wildman–Crippen LogP) is 1.12. The molecule has 0 aromatic carbocycles. The predicted molar refractivity (Wildman–Crippen MR) is 80.0 cm³/mol. The Morgan fingerprint density at radius 1 is 1.25 bits per heavy atom. The molecule has 20 heavy (non-hydrogen) atoms. The Labute approximate surface area is 122 Å². The van der Waals surface area contributed by atoms with Gasteiger partial charge >= 0.3 is 0 Å². The van der Waals surface area contributed by atoms with Gasteiger partial charge in [-0.3, -0.25) is 9.59 Å². The third-order valence-electron chi connectivity index (χ3n) is 3.69. The summed E-state index contributed by atoms with van der Waals surface area (Å²) in [5, 5.41) is 2.97. The van der Waals surface area contributed by atoms with Crippen LogP contribution in [0.5, 0.6) is 0 Å². The van der Waals surface area contributed by atoms with E-state index in [4.69, 9.17) is 5.73 Å². The van der Waals surface area contributed by atoms with Crippen molar-refractivity contribution >= 4 is 11.8 Å². The number of hydrogen-bond acceptors (Lipinski definition) is 3. The Morgan fingerprint density at radius 2 is 1.85 bits per heavy atom. The molecule has 0 aromatic heterocycles. The minimum atomic E-state index is -0.395. The van der Waals surface area contributed by atoms with Crippen LogP contribution in [0.1, 0.15) is 47.5 Å². The van der Waals surface area contributed by atoms with E-state index in [0.29, 0.717) is 13.1 Å². The molecule has 1 unspecified atom stereocenters. The van der Waals surface area contributed by atoms with Gasteiger partial charge in [0.1, 0.15) is 0 Å². The largest absolute Gasteiger partial charge is 0.350 e. The highest BCUT2D eigenvalue weighted by atomic mass is 16.2. The van der Waals surface area contributed by atoms with Crippen molar-refractivity contribution in [2.24, 2.45) is 17.1 Å². The molecule has 3 N–H and O–H groups in total. The van der Waals surface area contributed by atoms with Crippen molar-refractivity contribution in [1.82, 2.24) is 10.2 Å². The van der Waals surface area contributed by atoms with Crippen molar-refractivity contribution < 1.29 is 9.59 Å². The highest BCUT2D eigenvalue weighted by molar-refractivity contribution is 5.84. The van der Waals surface area contributed by atoms with E-state index in [1.807, 2.05) is 39.5 Å². The van der Waals surface area contributed by atoms with E-state index in [2.05, 4.69) is 5.32 Å². The van der Waals surface area contributed by atoms with E-state index in [-0.39, 0.29) is 17.7 Å². The highest BCUT2D eigenvalue weighted by Gasteiger charge is 2.34. The number of amides is 2. The zero-order valence-corrected chi connectivity index (χ0v) is 13.5. The van der Waals surface area contributed by atoms with Gasteiger partial charge in [0.05, 0.1) is 5.92 Å². The zero-order chi connectivity index (χ0) is 15.6. The first-order valence-electron chi connectivity index (χ1n) is 7.38. The van der Waals surface area contributed by atoms with Gasteiger partial charge in [-0.1, -0.05) is 20.8 Å². The minimum absolute atomic E-state index is 0.00635. The molecule has 0 bridgehead atoms. The average molecular weight is 283 g/mol. The lowest BCUT2D eigenvalue weighted by Gasteiger charge is -2.37. The molecular weight excluding hydrogens is 254 g/mol. The maximum absolute atomic E-state index is 12.3. The number of carbonyl (C=O) groups excluding carboxylic acids is 2. The Kier molecular flexibility index (Phi) is 5.19. The molecule has 5 nitrogen and oxygen atoms in total. The summed E-state index contributed by atoms with van der Waals surface area (Å²) in [6.45, 7) is 11.2. The van der Waals surface area contributed by atoms with Crippen molar-refractivity contribution in [1.29, 1.82) is 0 Å². The summed E-state index contributed by atoms with van der Waals surface area (Å²) in [6.07, 6.45) is 1.71. The Bertz CT molecular complexity index is 372. The molecular formula is C15H29N3O2. The van der Waals surface area contributed by atoms with Crippen LogP contribution in [-0.4, -0.2) is 41.9 Å². The van der Waals surface area contributed by atoms with Crippen molar-refractivity contribution in [2.45, 2.75) is 53.0 Å². The number of nitrogens with one attached hydrogen (secondary N) is 1. The third-order valence-corrected chi connectivity index (χ3v) is 3.69. The lowest BCUT2D eigenvalue weighted by atomic mass is 9.90. The SMILES string of the molecule is CC(C)(CN)NC(=O)C1CCCN(C(=O)C(C)(C)C)C1. The lowest BCUT2D eigenvalue weighted by molar-refractivity contribution is -0.143. The van der Waals surface area contributed by atoms with Gasteiger partial charge in [0.25, 0.3) is 0 Å². The molecule has 0 spiro atoms. The molecule has 1 rings (SSSR count). The number of nitrogens with zero attached hydrogens (tertiary/aromatic N) is 1. The van der Waals surface area contributed by atoms with Crippen LogP contribution in [0.4, 0.5) is 0 Å². The first-order valence-corrected chi connectivity index (χ1v) is 7.38. The van der Waals surface area contributed by atoms with Gasteiger partial charge in [0.15, 0.2) is 0 Å². The fraction of sp³-hybridized carbons (Fsp3) is 0.867. The summed E-state index contributed by atoms with van der Waals surface area (Å²) in [5.41, 5.74) is 4.85. The molecule has 5 heteroatoms. The third kappa shape index (κ3) is 4.47. The molecule has 2 amide bonds. The van der Waals surface area contributed by atoms with Crippen LogP contribution < -0.4 is 11.1 Å². The number of piperidine rings is 1. The van der Waals surface area contributed by atoms with E-state index in [0.717, 1.165) is 19.4 Å². The number of carbonyl (C=O) groups is 2. The molecule has 1 aliphatic rings. The molecule has 0 saturated carbocycles. The van der Waals surface area contributed by atoms with Gasteiger partial charge in [-0.05, 0) is 26.7 Å². The van der Waals surface area contributed by atoms with E-state index in [9.17, 15) is 9.59 Å². The highest BCUT2D eigenvalue weighted by Crippen LogP contribution is 2.23. The summed E-state index contributed by atoms with van der Waals surface area (Å²) in [6, 6.07) is 0. The van der Waals surface area contributed by atoms with Crippen LogP contribution in [0.15, 0.2) is 0 Å². The molecule has 1 saturated heterocycles. The fourth-order valence-electron chi connectivity index (χ4n) is 2.34. The second kappa shape index (κ2) is 6.12. The second-order valence-electron chi connectivity index (χ2n) is 7.42.